The average Bonchev–Trinajstić information content (AvgIpc) is 2.56. The van der Waals surface area contributed by atoms with Crippen LogP contribution in [0.15, 0.2) is 6.20 Å². The fraction of sp³-hybridized carbons (Fsp3) is 0.727. The fourth-order valence-electron chi connectivity index (χ4n) is 1.50. The third kappa shape index (κ3) is 3.89. The molecule has 0 fully saturated rings. The highest BCUT2D eigenvalue weighted by atomic mass is 19.3. The van der Waals surface area contributed by atoms with Gasteiger partial charge in [-0.25, -0.2) is 8.78 Å². The van der Waals surface area contributed by atoms with Crippen LogP contribution in [0.1, 0.15) is 31.0 Å². The molecule has 5 heteroatoms. The Morgan fingerprint density at radius 3 is 2.88 bits per heavy atom. The second-order valence-corrected chi connectivity index (χ2v) is 3.86. The van der Waals surface area contributed by atoms with Gasteiger partial charge in [0.05, 0.1) is 6.20 Å². The van der Waals surface area contributed by atoms with Crippen LogP contribution in [-0.2, 0) is 13.1 Å². The molecule has 0 saturated carbocycles. The lowest BCUT2D eigenvalue weighted by molar-refractivity contribution is 0.121. The zero-order chi connectivity index (χ0) is 12.0. The molecule has 1 N–H and O–H groups in total. The SMILES string of the molecule is CCCCNCc1cnn(CC(F)F)c1C. The second-order valence-electron chi connectivity index (χ2n) is 3.86. The predicted molar refractivity (Wildman–Crippen MR) is 59.6 cm³/mol. The molecule has 0 unspecified atom stereocenters. The molecule has 0 atom stereocenters. The fourth-order valence-corrected chi connectivity index (χ4v) is 1.50. The molecule has 0 aliphatic heterocycles. The van der Waals surface area contributed by atoms with Gasteiger partial charge in [-0.05, 0) is 19.9 Å². The van der Waals surface area contributed by atoms with Gasteiger partial charge in [0.1, 0.15) is 6.54 Å². The molecule has 3 nitrogen and oxygen atoms in total. The van der Waals surface area contributed by atoms with Crippen LogP contribution in [0, 0.1) is 6.92 Å². The number of aromatic nitrogens is 2. The molecule has 1 aromatic heterocycles. The van der Waals surface area contributed by atoms with Crippen LogP contribution in [0.4, 0.5) is 8.78 Å². The first-order valence-electron chi connectivity index (χ1n) is 5.65. The van der Waals surface area contributed by atoms with Crippen molar-refractivity contribution >= 4 is 0 Å². The maximum atomic E-state index is 12.2. The van der Waals surface area contributed by atoms with Crippen LogP contribution >= 0.6 is 0 Å². The zero-order valence-corrected chi connectivity index (χ0v) is 9.84. The molecule has 0 bridgehead atoms. The van der Waals surface area contributed by atoms with E-state index in [2.05, 4.69) is 17.3 Å². The smallest absolute Gasteiger partial charge is 0.257 e. The molecule has 0 amide bonds. The Kier molecular flexibility index (Phi) is 5.38. The van der Waals surface area contributed by atoms with Crippen molar-refractivity contribution in [2.45, 2.75) is 46.2 Å². The Morgan fingerprint density at radius 1 is 1.50 bits per heavy atom. The Labute approximate surface area is 94.8 Å². The third-order valence-corrected chi connectivity index (χ3v) is 2.54. The van der Waals surface area contributed by atoms with Crippen molar-refractivity contribution in [3.63, 3.8) is 0 Å². The van der Waals surface area contributed by atoms with Crippen molar-refractivity contribution in [1.82, 2.24) is 15.1 Å². The number of unbranched alkanes of at least 4 members (excludes halogenated alkanes) is 1. The van der Waals surface area contributed by atoms with E-state index in [-0.39, 0.29) is 6.54 Å². The standard InChI is InChI=1S/C11H19F2N3/c1-3-4-5-14-6-10-7-15-16(9(10)2)8-11(12)13/h7,11,14H,3-6,8H2,1-2H3. The van der Waals surface area contributed by atoms with E-state index in [4.69, 9.17) is 0 Å². The van der Waals surface area contributed by atoms with E-state index in [0.717, 1.165) is 30.6 Å². The number of hydrogen-bond donors (Lipinski definition) is 1. The molecule has 0 spiro atoms. The van der Waals surface area contributed by atoms with E-state index in [1.165, 1.54) is 4.68 Å². The quantitative estimate of drug-likeness (QED) is 0.730. The third-order valence-electron chi connectivity index (χ3n) is 2.54. The van der Waals surface area contributed by atoms with Crippen LogP contribution in [0.2, 0.25) is 0 Å². The first kappa shape index (κ1) is 13.1. The minimum absolute atomic E-state index is 0.319. The Morgan fingerprint density at radius 2 is 2.25 bits per heavy atom. The molecule has 0 saturated heterocycles. The van der Waals surface area contributed by atoms with Gasteiger partial charge < -0.3 is 5.32 Å². The molecule has 16 heavy (non-hydrogen) atoms. The summed E-state index contributed by atoms with van der Waals surface area (Å²) < 4.78 is 25.7. The summed E-state index contributed by atoms with van der Waals surface area (Å²) in [5, 5.41) is 7.22. The van der Waals surface area contributed by atoms with E-state index in [0.29, 0.717) is 6.54 Å². The van der Waals surface area contributed by atoms with E-state index < -0.39 is 6.43 Å². The van der Waals surface area contributed by atoms with Crippen molar-refractivity contribution in [3.05, 3.63) is 17.5 Å². The lowest BCUT2D eigenvalue weighted by Crippen LogP contribution is -2.15. The molecule has 0 aliphatic rings. The van der Waals surface area contributed by atoms with Gasteiger partial charge in [0.15, 0.2) is 0 Å². The van der Waals surface area contributed by atoms with Gasteiger partial charge in [-0.3, -0.25) is 4.68 Å². The zero-order valence-electron chi connectivity index (χ0n) is 9.84. The molecule has 1 aromatic rings. The molecule has 1 rings (SSSR count). The van der Waals surface area contributed by atoms with E-state index >= 15 is 0 Å². The predicted octanol–water partition coefficient (Wildman–Crippen LogP) is 2.35. The summed E-state index contributed by atoms with van der Waals surface area (Å²) in [6, 6.07) is 0. The maximum absolute atomic E-state index is 12.2. The Hall–Kier alpha value is -0.970. The monoisotopic (exact) mass is 231 g/mol. The van der Waals surface area contributed by atoms with Crippen LogP contribution in [-0.4, -0.2) is 22.8 Å². The first-order valence-corrected chi connectivity index (χ1v) is 5.65. The van der Waals surface area contributed by atoms with Gasteiger partial charge in [-0.15, -0.1) is 0 Å². The van der Waals surface area contributed by atoms with Crippen molar-refractivity contribution < 1.29 is 8.78 Å². The van der Waals surface area contributed by atoms with E-state index in [1.54, 1.807) is 6.20 Å². The van der Waals surface area contributed by atoms with Gasteiger partial charge in [-0.2, -0.15) is 5.10 Å². The van der Waals surface area contributed by atoms with E-state index in [1.807, 2.05) is 6.92 Å². The highest BCUT2D eigenvalue weighted by Gasteiger charge is 2.10. The highest BCUT2D eigenvalue weighted by Crippen LogP contribution is 2.09. The molecule has 0 aliphatic carbocycles. The summed E-state index contributed by atoms with van der Waals surface area (Å²) in [4.78, 5) is 0. The second kappa shape index (κ2) is 6.58. The highest BCUT2D eigenvalue weighted by molar-refractivity contribution is 5.15. The van der Waals surface area contributed by atoms with Crippen molar-refractivity contribution in [2.75, 3.05) is 6.54 Å². The molecular weight excluding hydrogens is 212 g/mol. The molecular formula is C11H19F2N3. The van der Waals surface area contributed by atoms with E-state index in [9.17, 15) is 8.78 Å². The van der Waals surface area contributed by atoms with Gasteiger partial charge >= 0.3 is 0 Å². The molecule has 0 radical (unpaired) electrons. The summed E-state index contributed by atoms with van der Waals surface area (Å²) in [6.07, 6.45) is 1.59. The normalized spacial score (nSPS) is 11.3. The molecule has 0 aromatic carbocycles. The number of rotatable bonds is 7. The van der Waals surface area contributed by atoms with Gasteiger partial charge in [0, 0.05) is 17.8 Å². The van der Waals surface area contributed by atoms with Crippen molar-refractivity contribution in [2.24, 2.45) is 0 Å². The average molecular weight is 231 g/mol. The Balaban J connectivity index is 2.45. The molecule has 1 heterocycles. The van der Waals surface area contributed by atoms with Crippen LogP contribution < -0.4 is 5.32 Å². The van der Waals surface area contributed by atoms with Gasteiger partial charge in [0.25, 0.3) is 6.43 Å². The lowest BCUT2D eigenvalue weighted by atomic mass is 10.2. The van der Waals surface area contributed by atoms with Gasteiger partial charge in [-0.1, -0.05) is 13.3 Å². The number of hydrogen-bond acceptors (Lipinski definition) is 2. The summed E-state index contributed by atoms with van der Waals surface area (Å²) in [5.41, 5.74) is 1.82. The molecule has 92 valence electrons. The first-order chi connectivity index (χ1) is 7.65. The summed E-state index contributed by atoms with van der Waals surface area (Å²) in [6.45, 7) is 5.30. The minimum Gasteiger partial charge on any atom is -0.313 e. The lowest BCUT2D eigenvalue weighted by Gasteiger charge is -2.05. The van der Waals surface area contributed by atoms with Crippen molar-refractivity contribution in [1.29, 1.82) is 0 Å². The topological polar surface area (TPSA) is 29.9 Å². The summed E-state index contributed by atoms with van der Waals surface area (Å²) in [7, 11) is 0. The number of nitrogens with zero attached hydrogens (tertiary/aromatic N) is 2. The minimum atomic E-state index is -2.35. The van der Waals surface area contributed by atoms with Crippen molar-refractivity contribution in [3.8, 4) is 0 Å². The Bertz CT molecular complexity index is 310. The maximum Gasteiger partial charge on any atom is 0.257 e. The number of nitrogens with one attached hydrogen (secondary N) is 1. The van der Waals surface area contributed by atoms with Crippen LogP contribution in [0.5, 0.6) is 0 Å². The summed E-state index contributed by atoms with van der Waals surface area (Å²) in [5.74, 6) is 0. The summed E-state index contributed by atoms with van der Waals surface area (Å²) >= 11 is 0. The number of halogens is 2. The van der Waals surface area contributed by atoms with Gasteiger partial charge in [0.2, 0.25) is 0 Å². The van der Waals surface area contributed by atoms with Crippen LogP contribution in [0.25, 0.3) is 0 Å². The number of alkyl halides is 2. The van der Waals surface area contributed by atoms with Crippen LogP contribution in [0.3, 0.4) is 0 Å². The largest absolute Gasteiger partial charge is 0.313 e.